The molecule has 1 aliphatic rings. The fourth-order valence-electron chi connectivity index (χ4n) is 2.15. The minimum absolute atomic E-state index is 0.175. The zero-order valence-corrected chi connectivity index (χ0v) is 12.8. The summed E-state index contributed by atoms with van der Waals surface area (Å²) in [6, 6.07) is 10.2. The summed E-state index contributed by atoms with van der Waals surface area (Å²) in [4.78, 5) is 0. The summed E-state index contributed by atoms with van der Waals surface area (Å²) in [6.07, 6.45) is 4.16. The van der Waals surface area contributed by atoms with Crippen molar-refractivity contribution in [1.82, 2.24) is 10.0 Å². The van der Waals surface area contributed by atoms with E-state index in [0.717, 1.165) is 18.5 Å². The molecular formula is C15H24N2O2S. The lowest BCUT2D eigenvalue weighted by atomic mass is 10.1. The van der Waals surface area contributed by atoms with Crippen molar-refractivity contribution in [1.29, 1.82) is 0 Å². The first kappa shape index (κ1) is 15.5. The molecule has 1 unspecified atom stereocenters. The van der Waals surface area contributed by atoms with Crippen molar-refractivity contribution in [3.63, 3.8) is 0 Å². The molecule has 0 amide bonds. The third-order valence-corrected chi connectivity index (χ3v) is 5.04. The van der Waals surface area contributed by atoms with Crippen molar-refractivity contribution in [2.24, 2.45) is 0 Å². The minimum Gasteiger partial charge on any atom is -0.314 e. The lowest BCUT2D eigenvalue weighted by Crippen LogP contribution is -2.29. The SMILES string of the molecule is CC(NS(=O)(=O)CCCCNC1CC1)c1ccccc1. The second-order valence-electron chi connectivity index (χ2n) is 5.50. The first-order chi connectivity index (χ1) is 9.57. The van der Waals surface area contributed by atoms with Gasteiger partial charge in [-0.25, -0.2) is 13.1 Å². The van der Waals surface area contributed by atoms with Gasteiger partial charge in [-0.15, -0.1) is 0 Å². The molecule has 5 heteroatoms. The van der Waals surface area contributed by atoms with E-state index in [9.17, 15) is 8.42 Å². The number of rotatable bonds is 9. The van der Waals surface area contributed by atoms with Crippen LogP contribution in [0.4, 0.5) is 0 Å². The number of hydrogen-bond acceptors (Lipinski definition) is 3. The Morgan fingerprint density at radius 2 is 1.90 bits per heavy atom. The van der Waals surface area contributed by atoms with Crippen molar-refractivity contribution in [3.8, 4) is 0 Å². The van der Waals surface area contributed by atoms with Crippen LogP contribution in [-0.4, -0.2) is 26.8 Å². The molecule has 1 aromatic rings. The molecule has 1 fully saturated rings. The Morgan fingerprint density at radius 3 is 2.55 bits per heavy atom. The van der Waals surface area contributed by atoms with E-state index in [1.165, 1.54) is 12.8 Å². The van der Waals surface area contributed by atoms with Gasteiger partial charge in [-0.05, 0) is 44.7 Å². The van der Waals surface area contributed by atoms with Crippen LogP contribution in [0.2, 0.25) is 0 Å². The number of sulfonamides is 1. The van der Waals surface area contributed by atoms with Crippen LogP contribution in [0, 0.1) is 0 Å². The van der Waals surface area contributed by atoms with Gasteiger partial charge >= 0.3 is 0 Å². The highest BCUT2D eigenvalue weighted by Gasteiger charge is 2.20. The molecule has 0 bridgehead atoms. The van der Waals surface area contributed by atoms with Gasteiger partial charge in [0, 0.05) is 12.1 Å². The van der Waals surface area contributed by atoms with Crippen molar-refractivity contribution < 1.29 is 8.42 Å². The number of hydrogen-bond donors (Lipinski definition) is 2. The van der Waals surface area contributed by atoms with Crippen LogP contribution in [0.5, 0.6) is 0 Å². The van der Waals surface area contributed by atoms with Crippen molar-refractivity contribution in [2.45, 2.75) is 44.7 Å². The van der Waals surface area contributed by atoms with E-state index < -0.39 is 10.0 Å². The lowest BCUT2D eigenvalue weighted by molar-refractivity contribution is 0.560. The van der Waals surface area contributed by atoms with Gasteiger partial charge in [0.25, 0.3) is 0 Å². The molecule has 1 aliphatic carbocycles. The third-order valence-electron chi connectivity index (χ3n) is 3.51. The van der Waals surface area contributed by atoms with Crippen LogP contribution in [0.25, 0.3) is 0 Å². The molecule has 0 spiro atoms. The molecule has 1 aromatic carbocycles. The maximum Gasteiger partial charge on any atom is 0.212 e. The Kier molecular flexibility index (Phi) is 5.57. The normalized spacial score (nSPS) is 17.1. The maximum absolute atomic E-state index is 12.0. The Hall–Kier alpha value is -0.910. The summed E-state index contributed by atoms with van der Waals surface area (Å²) in [6.45, 7) is 2.80. The van der Waals surface area contributed by atoms with Gasteiger partial charge < -0.3 is 5.32 Å². The molecule has 2 rings (SSSR count). The average molecular weight is 296 g/mol. The minimum atomic E-state index is -3.19. The summed E-state index contributed by atoms with van der Waals surface area (Å²) in [5.41, 5.74) is 0.992. The fraction of sp³-hybridized carbons (Fsp3) is 0.600. The summed E-state index contributed by atoms with van der Waals surface area (Å²) in [5, 5.41) is 3.39. The van der Waals surface area contributed by atoms with Crippen LogP contribution in [-0.2, 0) is 10.0 Å². The molecule has 0 saturated heterocycles. The van der Waals surface area contributed by atoms with Crippen LogP contribution in [0.1, 0.15) is 44.2 Å². The van der Waals surface area contributed by atoms with Crippen molar-refractivity contribution >= 4 is 10.0 Å². The van der Waals surface area contributed by atoms with Gasteiger partial charge in [0.1, 0.15) is 0 Å². The smallest absolute Gasteiger partial charge is 0.212 e. The molecule has 0 aromatic heterocycles. The largest absolute Gasteiger partial charge is 0.314 e. The van der Waals surface area contributed by atoms with Crippen LogP contribution < -0.4 is 10.0 Å². The number of unbranched alkanes of at least 4 members (excludes halogenated alkanes) is 1. The number of nitrogens with one attached hydrogen (secondary N) is 2. The first-order valence-electron chi connectivity index (χ1n) is 7.35. The standard InChI is InChI=1S/C15H24N2O2S/c1-13(14-7-3-2-4-8-14)17-20(18,19)12-6-5-11-16-15-9-10-15/h2-4,7-8,13,15-17H,5-6,9-12H2,1H3. The van der Waals surface area contributed by atoms with Gasteiger partial charge in [0.2, 0.25) is 10.0 Å². The third kappa shape index (κ3) is 5.61. The molecule has 2 N–H and O–H groups in total. The zero-order chi connectivity index (χ0) is 14.4. The van der Waals surface area contributed by atoms with E-state index in [0.29, 0.717) is 12.5 Å². The summed E-state index contributed by atoms with van der Waals surface area (Å²) >= 11 is 0. The van der Waals surface area contributed by atoms with E-state index in [2.05, 4.69) is 10.0 Å². The van der Waals surface area contributed by atoms with E-state index in [-0.39, 0.29) is 11.8 Å². The fourth-order valence-corrected chi connectivity index (χ4v) is 3.53. The highest BCUT2D eigenvalue weighted by Crippen LogP contribution is 2.18. The summed E-state index contributed by atoms with van der Waals surface area (Å²) in [5.74, 6) is 0.205. The summed E-state index contributed by atoms with van der Waals surface area (Å²) in [7, 11) is -3.19. The van der Waals surface area contributed by atoms with Gasteiger partial charge in [-0.2, -0.15) is 0 Å². The Labute approximate surface area is 122 Å². The van der Waals surface area contributed by atoms with Crippen molar-refractivity contribution in [3.05, 3.63) is 35.9 Å². The van der Waals surface area contributed by atoms with E-state index in [1.54, 1.807) is 0 Å². The zero-order valence-electron chi connectivity index (χ0n) is 12.0. The molecule has 0 radical (unpaired) electrons. The highest BCUT2D eigenvalue weighted by molar-refractivity contribution is 7.89. The Morgan fingerprint density at radius 1 is 1.20 bits per heavy atom. The van der Waals surface area contributed by atoms with Crippen LogP contribution >= 0.6 is 0 Å². The lowest BCUT2D eigenvalue weighted by Gasteiger charge is -2.14. The van der Waals surface area contributed by atoms with Gasteiger partial charge in [0.05, 0.1) is 5.75 Å². The molecule has 20 heavy (non-hydrogen) atoms. The first-order valence-corrected chi connectivity index (χ1v) is 9.00. The molecule has 4 nitrogen and oxygen atoms in total. The van der Waals surface area contributed by atoms with Crippen LogP contribution in [0.3, 0.4) is 0 Å². The Balaban J connectivity index is 1.69. The topological polar surface area (TPSA) is 58.2 Å². The molecule has 1 atom stereocenters. The predicted octanol–water partition coefficient (Wildman–Crippen LogP) is 2.20. The molecule has 0 heterocycles. The van der Waals surface area contributed by atoms with Gasteiger partial charge in [-0.1, -0.05) is 30.3 Å². The average Bonchev–Trinajstić information content (AvgIpc) is 3.23. The molecule has 112 valence electrons. The predicted molar refractivity (Wildman–Crippen MR) is 82.0 cm³/mol. The summed E-state index contributed by atoms with van der Waals surface area (Å²) < 4.78 is 26.7. The van der Waals surface area contributed by atoms with Crippen LogP contribution in [0.15, 0.2) is 30.3 Å². The quantitative estimate of drug-likeness (QED) is 0.687. The van der Waals surface area contributed by atoms with Crippen molar-refractivity contribution in [2.75, 3.05) is 12.3 Å². The van der Waals surface area contributed by atoms with E-state index in [1.807, 2.05) is 37.3 Å². The second-order valence-corrected chi connectivity index (χ2v) is 7.38. The van der Waals surface area contributed by atoms with E-state index in [4.69, 9.17) is 0 Å². The highest BCUT2D eigenvalue weighted by atomic mass is 32.2. The molecule has 1 saturated carbocycles. The Bertz CT molecular complexity index is 498. The number of benzene rings is 1. The van der Waals surface area contributed by atoms with Gasteiger partial charge in [0.15, 0.2) is 0 Å². The monoisotopic (exact) mass is 296 g/mol. The maximum atomic E-state index is 12.0. The molecular weight excluding hydrogens is 272 g/mol. The second kappa shape index (κ2) is 7.20. The van der Waals surface area contributed by atoms with Gasteiger partial charge in [-0.3, -0.25) is 0 Å². The molecule has 0 aliphatic heterocycles. The van der Waals surface area contributed by atoms with E-state index >= 15 is 0 Å².